The van der Waals surface area contributed by atoms with Crippen LogP contribution in [0.25, 0.3) is 0 Å². The Kier molecular flexibility index (Phi) is 7.90. The Labute approximate surface area is 161 Å². The molecular formula is C21H37NO3Si. The second-order valence-corrected chi connectivity index (χ2v) is 14.1. The number of ether oxygens (including phenoxy) is 1. The number of anilines is 1. The molecule has 1 aromatic carbocycles. The Morgan fingerprint density at radius 3 is 2.08 bits per heavy atom. The molecular weight excluding hydrogens is 342 g/mol. The summed E-state index contributed by atoms with van der Waals surface area (Å²) >= 11 is 0. The zero-order chi connectivity index (χ0) is 20.0. The summed E-state index contributed by atoms with van der Waals surface area (Å²) in [5, 5.41) is 0.222. The van der Waals surface area contributed by atoms with Crippen molar-refractivity contribution in [2.75, 3.05) is 18.1 Å². The molecule has 0 aliphatic heterocycles. The maximum absolute atomic E-state index is 12.6. The van der Waals surface area contributed by atoms with Gasteiger partial charge < -0.3 is 9.16 Å². The van der Waals surface area contributed by atoms with Gasteiger partial charge in [0, 0.05) is 18.8 Å². The molecule has 0 radical (unpaired) electrons. The molecule has 148 valence electrons. The van der Waals surface area contributed by atoms with Gasteiger partial charge in [-0.3, -0.25) is 4.90 Å². The third-order valence-corrected chi connectivity index (χ3v) is 9.27. The molecule has 0 aliphatic rings. The summed E-state index contributed by atoms with van der Waals surface area (Å²) < 4.78 is 11.8. The smallest absolute Gasteiger partial charge is 0.414 e. The SMILES string of the molecule is CC(C)(C)OC(=O)N(CCCCO[Si](C)(C)C(C)(C)C)c1ccccc1. The van der Waals surface area contributed by atoms with Crippen LogP contribution in [0.15, 0.2) is 30.3 Å². The van der Waals surface area contributed by atoms with E-state index in [0.717, 1.165) is 25.1 Å². The topological polar surface area (TPSA) is 38.8 Å². The third kappa shape index (κ3) is 7.50. The van der Waals surface area contributed by atoms with Gasteiger partial charge in [0.25, 0.3) is 0 Å². The van der Waals surface area contributed by atoms with Crippen LogP contribution in [-0.4, -0.2) is 33.2 Å². The van der Waals surface area contributed by atoms with E-state index in [2.05, 4.69) is 33.9 Å². The second kappa shape index (κ2) is 9.04. The zero-order valence-corrected chi connectivity index (χ0v) is 18.9. The molecule has 1 amide bonds. The monoisotopic (exact) mass is 379 g/mol. The van der Waals surface area contributed by atoms with Gasteiger partial charge in [0.05, 0.1) is 0 Å². The molecule has 0 atom stereocenters. The minimum atomic E-state index is -1.70. The van der Waals surface area contributed by atoms with Crippen molar-refractivity contribution in [2.24, 2.45) is 0 Å². The molecule has 4 nitrogen and oxygen atoms in total. The maximum Gasteiger partial charge on any atom is 0.414 e. The quantitative estimate of drug-likeness (QED) is 0.416. The minimum Gasteiger partial charge on any atom is -0.443 e. The number of benzene rings is 1. The van der Waals surface area contributed by atoms with Gasteiger partial charge in [-0.2, -0.15) is 0 Å². The second-order valence-electron chi connectivity index (χ2n) is 9.28. The lowest BCUT2D eigenvalue weighted by molar-refractivity contribution is 0.0579. The van der Waals surface area contributed by atoms with Crippen LogP contribution in [0.1, 0.15) is 54.4 Å². The van der Waals surface area contributed by atoms with Crippen LogP contribution in [0.4, 0.5) is 10.5 Å². The van der Waals surface area contributed by atoms with Crippen molar-refractivity contribution >= 4 is 20.1 Å². The van der Waals surface area contributed by atoms with Crippen LogP contribution < -0.4 is 4.90 Å². The van der Waals surface area contributed by atoms with Crippen molar-refractivity contribution in [3.05, 3.63) is 30.3 Å². The molecule has 0 spiro atoms. The minimum absolute atomic E-state index is 0.222. The van der Waals surface area contributed by atoms with Crippen LogP contribution in [-0.2, 0) is 9.16 Å². The molecule has 0 N–H and O–H groups in total. The molecule has 0 saturated heterocycles. The predicted octanol–water partition coefficient (Wildman–Crippen LogP) is 6.23. The predicted molar refractivity (Wildman–Crippen MR) is 112 cm³/mol. The lowest BCUT2D eigenvalue weighted by Crippen LogP contribution is -2.41. The summed E-state index contributed by atoms with van der Waals surface area (Å²) in [6.07, 6.45) is 1.51. The van der Waals surface area contributed by atoms with Gasteiger partial charge in [-0.15, -0.1) is 0 Å². The first-order chi connectivity index (χ1) is 11.8. The maximum atomic E-state index is 12.6. The number of rotatable bonds is 7. The Morgan fingerprint density at radius 2 is 1.58 bits per heavy atom. The molecule has 0 bridgehead atoms. The van der Waals surface area contributed by atoms with E-state index >= 15 is 0 Å². The molecule has 26 heavy (non-hydrogen) atoms. The van der Waals surface area contributed by atoms with E-state index in [9.17, 15) is 4.79 Å². The third-order valence-electron chi connectivity index (χ3n) is 4.73. The Bertz CT molecular complexity index is 559. The lowest BCUT2D eigenvalue weighted by Gasteiger charge is -2.36. The van der Waals surface area contributed by atoms with E-state index in [-0.39, 0.29) is 11.1 Å². The van der Waals surface area contributed by atoms with Gasteiger partial charge >= 0.3 is 6.09 Å². The Balaban J connectivity index is 2.61. The number of carbonyl (C=O) groups excluding carboxylic acids is 1. The van der Waals surface area contributed by atoms with E-state index in [1.807, 2.05) is 51.1 Å². The average Bonchev–Trinajstić information content (AvgIpc) is 2.48. The van der Waals surface area contributed by atoms with Crippen LogP contribution >= 0.6 is 0 Å². The summed E-state index contributed by atoms with van der Waals surface area (Å²) in [6.45, 7) is 18.3. The number of carbonyl (C=O) groups is 1. The number of hydrogen-bond acceptors (Lipinski definition) is 3. The fourth-order valence-corrected chi connectivity index (χ4v) is 3.25. The fraction of sp³-hybridized carbons (Fsp3) is 0.667. The number of para-hydroxylation sites is 1. The fourth-order valence-electron chi connectivity index (χ4n) is 2.17. The first kappa shape index (κ1) is 22.7. The van der Waals surface area contributed by atoms with Crippen molar-refractivity contribution in [2.45, 2.75) is 78.1 Å². The van der Waals surface area contributed by atoms with Crippen molar-refractivity contribution in [1.82, 2.24) is 0 Å². The van der Waals surface area contributed by atoms with Gasteiger partial charge in [-0.05, 0) is 63.9 Å². The van der Waals surface area contributed by atoms with Crippen LogP contribution in [0.5, 0.6) is 0 Å². The van der Waals surface area contributed by atoms with Gasteiger partial charge in [-0.1, -0.05) is 39.0 Å². The molecule has 5 heteroatoms. The van der Waals surface area contributed by atoms with Crippen molar-refractivity contribution < 1.29 is 14.0 Å². The number of hydrogen-bond donors (Lipinski definition) is 0. The molecule has 1 rings (SSSR count). The van der Waals surface area contributed by atoms with E-state index in [1.165, 1.54) is 0 Å². The van der Waals surface area contributed by atoms with Crippen LogP contribution in [0, 0.1) is 0 Å². The number of amides is 1. The molecule has 0 fully saturated rings. The number of unbranched alkanes of at least 4 members (excludes halogenated alkanes) is 1. The highest BCUT2D eigenvalue weighted by Gasteiger charge is 2.36. The van der Waals surface area contributed by atoms with Crippen LogP contribution in [0.3, 0.4) is 0 Å². The van der Waals surface area contributed by atoms with E-state index in [4.69, 9.17) is 9.16 Å². The average molecular weight is 380 g/mol. The van der Waals surface area contributed by atoms with E-state index in [0.29, 0.717) is 6.54 Å². The summed E-state index contributed by atoms with van der Waals surface area (Å²) in [4.78, 5) is 14.3. The molecule has 0 heterocycles. The van der Waals surface area contributed by atoms with E-state index < -0.39 is 13.9 Å². The van der Waals surface area contributed by atoms with Gasteiger partial charge in [-0.25, -0.2) is 4.79 Å². The largest absolute Gasteiger partial charge is 0.443 e. The molecule has 0 aliphatic carbocycles. The van der Waals surface area contributed by atoms with Gasteiger partial charge in [0.15, 0.2) is 8.32 Å². The highest BCUT2D eigenvalue weighted by molar-refractivity contribution is 6.74. The summed E-state index contributed by atoms with van der Waals surface area (Å²) in [5.74, 6) is 0. The Morgan fingerprint density at radius 1 is 1.00 bits per heavy atom. The molecule has 0 unspecified atom stereocenters. The van der Waals surface area contributed by atoms with Crippen LogP contribution in [0.2, 0.25) is 18.1 Å². The first-order valence-electron chi connectivity index (χ1n) is 9.53. The van der Waals surface area contributed by atoms with Crippen molar-refractivity contribution in [3.8, 4) is 0 Å². The first-order valence-corrected chi connectivity index (χ1v) is 12.4. The standard InChI is InChI=1S/C21H37NO3Si/c1-20(2,3)25-19(23)22(18-14-10-9-11-15-18)16-12-13-17-24-26(7,8)21(4,5)6/h9-11,14-15H,12-13,16-17H2,1-8H3. The molecule has 0 saturated carbocycles. The van der Waals surface area contributed by atoms with E-state index in [1.54, 1.807) is 4.90 Å². The summed E-state index contributed by atoms with van der Waals surface area (Å²) in [7, 11) is -1.70. The number of nitrogens with zero attached hydrogens (tertiary/aromatic N) is 1. The summed E-state index contributed by atoms with van der Waals surface area (Å²) in [6, 6.07) is 9.70. The van der Waals surface area contributed by atoms with Gasteiger partial charge in [0.2, 0.25) is 0 Å². The lowest BCUT2D eigenvalue weighted by atomic mass is 10.2. The molecule has 1 aromatic rings. The highest BCUT2D eigenvalue weighted by Crippen LogP contribution is 2.36. The van der Waals surface area contributed by atoms with Crippen molar-refractivity contribution in [3.63, 3.8) is 0 Å². The Hall–Kier alpha value is -1.33. The van der Waals surface area contributed by atoms with Gasteiger partial charge in [0.1, 0.15) is 5.60 Å². The highest BCUT2D eigenvalue weighted by atomic mass is 28.4. The zero-order valence-electron chi connectivity index (χ0n) is 17.9. The molecule has 0 aromatic heterocycles. The van der Waals surface area contributed by atoms with Crippen molar-refractivity contribution in [1.29, 1.82) is 0 Å². The summed E-state index contributed by atoms with van der Waals surface area (Å²) in [5.41, 5.74) is 0.363. The normalized spacial score (nSPS) is 12.8.